The van der Waals surface area contributed by atoms with Gasteiger partial charge in [0.15, 0.2) is 0 Å². The first-order chi connectivity index (χ1) is 16.5. The van der Waals surface area contributed by atoms with E-state index in [4.69, 9.17) is 9.72 Å². The van der Waals surface area contributed by atoms with Gasteiger partial charge in [-0.25, -0.2) is 14.2 Å². The maximum Gasteiger partial charge on any atom is 0.338 e. The van der Waals surface area contributed by atoms with E-state index in [1.165, 1.54) is 24.3 Å². The highest BCUT2D eigenvalue weighted by atomic mass is 19.1. The predicted octanol–water partition coefficient (Wildman–Crippen LogP) is 5.07. The average Bonchev–Trinajstić information content (AvgIpc) is 3.22. The van der Waals surface area contributed by atoms with Gasteiger partial charge in [0.2, 0.25) is 5.95 Å². The molecule has 1 atom stereocenters. The van der Waals surface area contributed by atoms with Crippen LogP contribution in [0.2, 0.25) is 0 Å². The second-order valence-corrected chi connectivity index (χ2v) is 7.69. The molecule has 0 bridgehead atoms. The second-order valence-electron chi connectivity index (χ2n) is 7.69. The number of rotatable bonds is 5. The summed E-state index contributed by atoms with van der Waals surface area (Å²) in [4.78, 5) is 28.8. The SMILES string of the molecule is CCOC(=O)C1=C(c2ccc(F)cc2)Nc2nc3ccccc3n2[C@H]1c1ccc([N+](=O)[O-])cc1. The largest absolute Gasteiger partial charge is 0.463 e. The van der Waals surface area contributed by atoms with Gasteiger partial charge in [0.1, 0.15) is 5.82 Å². The zero-order valence-electron chi connectivity index (χ0n) is 18.1. The van der Waals surface area contributed by atoms with Gasteiger partial charge in [0, 0.05) is 12.1 Å². The molecule has 2 heterocycles. The van der Waals surface area contributed by atoms with Crippen LogP contribution in [0.15, 0.2) is 78.4 Å². The third-order valence-electron chi connectivity index (χ3n) is 5.68. The summed E-state index contributed by atoms with van der Waals surface area (Å²) in [5.41, 5.74) is 3.36. The minimum Gasteiger partial charge on any atom is -0.463 e. The van der Waals surface area contributed by atoms with Crippen LogP contribution in [0.1, 0.15) is 24.1 Å². The Morgan fingerprint density at radius 1 is 1.12 bits per heavy atom. The molecule has 0 amide bonds. The smallest absolute Gasteiger partial charge is 0.338 e. The quantitative estimate of drug-likeness (QED) is 0.255. The van der Waals surface area contributed by atoms with Crippen LogP contribution in [0.25, 0.3) is 16.7 Å². The number of para-hydroxylation sites is 2. The molecule has 170 valence electrons. The summed E-state index contributed by atoms with van der Waals surface area (Å²) in [6.45, 7) is 1.87. The molecule has 1 N–H and O–H groups in total. The van der Waals surface area contributed by atoms with E-state index in [2.05, 4.69) is 5.32 Å². The van der Waals surface area contributed by atoms with E-state index in [0.717, 1.165) is 5.52 Å². The highest BCUT2D eigenvalue weighted by molar-refractivity contribution is 6.03. The van der Waals surface area contributed by atoms with Crippen LogP contribution in [0, 0.1) is 15.9 Å². The minimum absolute atomic E-state index is 0.0613. The Morgan fingerprint density at radius 3 is 2.50 bits per heavy atom. The van der Waals surface area contributed by atoms with Gasteiger partial charge < -0.3 is 10.1 Å². The zero-order valence-corrected chi connectivity index (χ0v) is 18.1. The van der Waals surface area contributed by atoms with Crippen LogP contribution in [0.5, 0.6) is 0 Å². The number of fused-ring (bicyclic) bond motifs is 3. The van der Waals surface area contributed by atoms with Crippen molar-refractivity contribution >= 4 is 34.3 Å². The van der Waals surface area contributed by atoms with Gasteiger partial charge in [-0.1, -0.05) is 12.1 Å². The molecule has 0 unspecified atom stereocenters. The summed E-state index contributed by atoms with van der Waals surface area (Å²) < 4.78 is 20.9. The maximum absolute atomic E-state index is 13.7. The molecule has 1 aliphatic rings. The van der Waals surface area contributed by atoms with E-state index in [-0.39, 0.29) is 17.9 Å². The molecular formula is C25H19FN4O4. The normalized spacial score (nSPS) is 15.1. The van der Waals surface area contributed by atoms with Crippen molar-refractivity contribution in [3.8, 4) is 0 Å². The molecule has 9 heteroatoms. The van der Waals surface area contributed by atoms with E-state index in [1.807, 2.05) is 28.8 Å². The number of aromatic nitrogens is 2. The molecule has 1 aromatic heterocycles. The van der Waals surface area contributed by atoms with E-state index in [0.29, 0.717) is 28.3 Å². The number of esters is 1. The molecule has 4 aromatic rings. The number of benzene rings is 3. The van der Waals surface area contributed by atoms with Gasteiger partial charge in [-0.3, -0.25) is 14.7 Å². The number of nitro benzene ring substituents is 1. The summed E-state index contributed by atoms with van der Waals surface area (Å²) in [6.07, 6.45) is 0. The first kappa shape index (κ1) is 21.3. The minimum atomic E-state index is -0.691. The van der Waals surface area contributed by atoms with Gasteiger partial charge in [-0.2, -0.15) is 0 Å². The number of non-ortho nitro benzene ring substituents is 1. The molecule has 0 saturated heterocycles. The van der Waals surface area contributed by atoms with Crippen LogP contribution < -0.4 is 5.32 Å². The molecule has 3 aromatic carbocycles. The number of anilines is 1. The van der Waals surface area contributed by atoms with E-state index in [9.17, 15) is 19.3 Å². The third-order valence-corrected chi connectivity index (χ3v) is 5.68. The first-order valence-corrected chi connectivity index (χ1v) is 10.6. The third kappa shape index (κ3) is 3.57. The number of hydrogen-bond donors (Lipinski definition) is 1. The van der Waals surface area contributed by atoms with E-state index >= 15 is 0 Å². The standard InChI is InChI=1S/C25H19FN4O4/c1-2-34-24(31)21-22(15-7-11-17(26)12-8-15)28-25-27-19-5-3-4-6-20(19)29(25)23(21)16-9-13-18(14-10-16)30(32)33/h3-14,23H,2H2,1H3,(H,27,28)/t23-/m0/s1. The second kappa shape index (κ2) is 8.43. The van der Waals surface area contributed by atoms with Crippen LogP contribution in [0.4, 0.5) is 16.0 Å². The Kier molecular flexibility index (Phi) is 5.29. The lowest BCUT2D eigenvalue weighted by Crippen LogP contribution is -2.29. The number of imidazole rings is 1. The fraction of sp³-hybridized carbons (Fsp3) is 0.120. The van der Waals surface area contributed by atoms with Crippen molar-refractivity contribution in [3.63, 3.8) is 0 Å². The first-order valence-electron chi connectivity index (χ1n) is 10.6. The summed E-state index contributed by atoms with van der Waals surface area (Å²) in [6, 6.07) is 18.6. The highest BCUT2D eigenvalue weighted by Crippen LogP contribution is 2.42. The molecule has 0 aliphatic carbocycles. The Hall–Kier alpha value is -4.53. The predicted molar refractivity (Wildman–Crippen MR) is 125 cm³/mol. The summed E-state index contributed by atoms with van der Waals surface area (Å²) >= 11 is 0. The van der Waals surface area contributed by atoms with Crippen molar-refractivity contribution in [2.75, 3.05) is 11.9 Å². The van der Waals surface area contributed by atoms with Gasteiger partial charge >= 0.3 is 5.97 Å². The average molecular weight is 458 g/mol. The number of nitrogens with one attached hydrogen (secondary N) is 1. The van der Waals surface area contributed by atoms with Gasteiger partial charge in [0.25, 0.3) is 5.69 Å². The molecule has 0 radical (unpaired) electrons. The monoisotopic (exact) mass is 458 g/mol. The Balaban J connectivity index is 1.80. The topological polar surface area (TPSA) is 99.3 Å². The number of halogens is 1. The lowest BCUT2D eigenvalue weighted by Gasteiger charge is -2.31. The van der Waals surface area contributed by atoms with Crippen molar-refractivity contribution < 1.29 is 18.8 Å². The van der Waals surface area contributed by atoms with Crippen LogP contribution in [0.3, 0.4) is 0 Å². The highest BCUT2D eigenvalue weighted by Gasteiger charge is 2.37. The molecule has 0 saturated carbocycles. The van der Waals surface area contributed by atoms with Crippen molar-refractivity contribution in [3.05, 3.63) is 105 Å². The van der Waals surface area contributed by atoms with E-state index < -0.39 is 22.8 Å². The Morgan fingerprint density at radius 2 is 1.82 bits per heavy atom. The number of nitrogens with zero attached hydrogens (tertiary/aromatic N) is 3. The molecule has 0 spiro atoms. The Bertz CT molecular complexity index is 1440. The number of nitro groups is 1. The Labute approximate surface area is 193 Å². The number of ether oxygens (including phenoxy) is 1. The van der Waals surface area contributed by atoms with Crippen molar-refractivity contribution in [1.29, 1.82) is 0 Å². The van der Waals surface area contributed by atoms with Gasteiger partial charge in [0.05, 0.1) is 39.9 Å². The number of hydrogen-bond acceptors (Lipinski definition) is 6. The molecular weight excluding hydrogens is 439 g/mol. The van der Waals surface area contributed by atoms with Gasteiger partial charge in [-0.15, -0.1) is 0 Å². The molecule has 8 nitrogen and oxygen atoms in total. The molecule has 0 fully saturated rings. The van der Waals surface area contributed by atoms with Crippen LogP contribution in [-0.2, 0) is 9.53 Å². The summed E-state index contributed by atoms with van der Waals surface area (Å²) in [7, 11) is 0. The molecule has 1 aliphatic heterocycles. The fourth-order valence-electron chi connectivity index (χ4n) is 4.20. The lowest BCUT2D eigenvalue weighted by atomic mass is 9.92. The van der Waals surface area contributed by atoms with E-state index in [1.54, 1.807) is 31.2 Å². The maximum atomic E-state index is 13.7. The summed E-state index contributed by atoms with van der Waals surface area (Å²) in [5.74, 6) is -0.477. The zero-order chi connectivity index (χ0) is 23.8. The molecule has 34 heavy (non-hydrogen) atoms. The molecule has 5 rings (SSSR count). The van der Waals surface area contributed by atoms with Crippen molar-refractivity contribution in [1.82, 2.24) is 9.55 Å². The van der Waals surface area contributed by atoms with Gasteiger partial charge in [-0.05, 0) is 66.6 Å². The summed E-state index contributed by atoms with van der Waals surface area (Å²) in [5, 5.41) is 14.4. The van der Waals surface area contributed by atoms with Crippen molar-refractivity contribution in [2.24, 2.45) is 0 Å². The fourth-order valence-corrected chi connectivity index (χ4v) is 4.20. The number of carbonyl (C=O) groups excluding carboxylic acids is 1. The van der Waals surface area contributed by atoms with Crippen LogP contribution in [-0.4, -0.2) is 27.1 Å². The number of carbonyl (C=O) groups is 1. The van der Waals surface area contributed by atoms with Crippen LogP contribution >= 0.6 is 0 Å². The lowest BCUT2D eigenvalue weighted by molar-refractivity contribution is -0.384. The van der Waals surface area contributed by atoms with Crippen molar-refractivity contribution in [2.45, 2.75) is 13.0 Å².